The van der Waals surface area contributed by atoms with Gasteiger partial charge in [-0.2, -0.15) is 0 Å². The predicted octanol–water partition coefficient (Wildman–Crippen LogP) is 6.31. The van der Waals surface area contributed by atoms with Crippen LogP contribution in [0.1, 0.15) is 27.0 Å². The highest BCUT2D eigenvalue weighted by molar-refractivity contribution is 9.10. The Morgan fingerprint density at radius 3 is 2.47 bits per heavy atom. The zero-order chi connectivity index (χ0) is 21.7. The standard InChI is InChI=1S/C23H21BrClNO4/c1-14-9-17(23(27)28)5-8-20(14)26-12-16-10-19(24)22(21(11-16)29-2)30-13-15-3-6-18(25)7-4-15/h3-11,26H,12-13H2,1-2H3,(H,27,28). The summed E-state index contributed by atoms with van der Waals surface area (Å²) in [4.78, 5) is 11.1. The van der Waals surface area contributed by atoms with E-state index in [4.69, 9.17) is 26.2 Å². The molecular formula is C23H21BrClNO4. The average molecular weight is 491 g/mol. The quantitative estimate of drug-likeness (QED) is 0.387. The highest BCUT2D eigenvalue weighted by Crippen LogP contribution is 2.37. The lowest BCUT2D eigenvalue weighted by atomic mass is 10.1. The van der Waals surface area contributed by atoms with E-state index in [0.717, 1.165) is 26.9 Å². The van der Waals surface area contributed by atoms with Gasteiger partial charge in [-0.15, -0.1) is 0 Å². The molecule has 0 fully saturated rings. The summed E-state index contributed by atoms with van der Waals surface area (Å²) >= 11 is 9.50. The van der Waals surface area contributed by atoms with Crippen molar-refractivity contribution in [3.8, 4) is 11.5 Å². The van der Waals surface area contributed by atoms with Crippen molar-refractivity contribution in [2.45, 2.75) is 20.1 Å². The van der Waals surface area contributed by atoms with Crippen LogP contribution in [0.25, 0.3) is 0 Å². The van der Waals surface area contributed by atoms with E-state index in [0.29, 0.717) is 29.7 Å². The number of nitrogens with one attached hydrogen (secondary N) is 1. The second-order valence-electron chi connectivity index (χ2n) is 6.71. The molecule has 0 saturated heterocycles. The first kappa shape index (κ1) is 22.0. The Labute approximate surface area is 188 Å². The summed E-state index contributed by atoms with van der Waals surface area (Å²) in [5.74, 6) is 0.304. The van der Waals surface area contributed by atoms with E-state index in [9.17, 15) is 4.79 Å². The van der Waals surface area contributed by atoms with Crippen molar-refractivity contribution in [1.82, 2.24) is 0 Å². The van der Waals surface area contributed by atoms with Gasteiger partial charge >= 0.3 is 5.97 Å². The topological polar surface area (TPSA) is 67.8 Å². The van der Waals surface area contributed by atoms with Crippen molar-refractivity contribution in [2.24, 2.45) is 0 Å². The number of aryl methyl sites for hydroxylation is 1. The van der Waals surface area contributed by atoms with E-state index in [2.05, 4.69) is 21.2 Å². The van der Waals surface area contributed by atoms with E-state index in [-0.39, 0.29) is 5.56 Å². The number of halogens is 2. The van der Waals surface area contributed by atoms with Gasteiger partial charge < -0.3 is 19.9 Å². The summed E-state index contributed by atoms with van der Waals surface area (Å²) in [6, 6.07) is 16.4. The largest absolute Gasteiger partial charge is 0.493 e. The van der Waals surface area contributed by atoms with Crippen molar-refractivity contribution in [3.63, 3.8) is 0 Å². The lowest BCUT2D eigenvalue weighted by molar-refractivity contribution is 0.0697. The van der Waals surface area contributed by atoms with Crippen molar-refractivity contribution in [1.29, 1.82) is 0 Å². The van der Waals surface area contributed by atoms with E-state index in [1.54, 1.807) is 25.3 Å². The fraction of sp³-hybridized carbons (Fsp3) is 0.174. The van der Waals surface area contributed by atoms with Crippen LogP contribution in [0.4, 0.5) is 5.69 Å². The zero-order valence-corrected chi connectivity index (χ0v) is 18.9. The third-order valence-electron chi connectivity index (χ3n) is 4.54. The summed E-state index contributed by atoms with van der Waals surface area (Å²) in [5, 5.41) is 13.1. The van der Waals surface area contributed by atoms with Crippen LogP contribution >= 0.6 is 27.5 Å². The van der Waals surface area contributed by atoms with Gasteiger partial charge in [0.05, 0.1) is 17.1 Å². The Hall–Kier alpha value is -2.70. The molecule has 3 rings (SSSR count). The molecular weight excluding hydrogens is 470 g/mol. The molecule has 5 nitrogen and oxygen atoms in total. The molecule has 0 radical (unpaired) electrons. The normalized spacial score (nSPS) is 10.5. The van der Waals surface area contributed by atoms with Crippen LogP contribution in [0.15, 0.2) is 59.1 Å². The third-order valence-corrected chi connectivity index (χ3v) is 5.38. The minimum absolute atomic E-state index is 0.268. The minimum Gasteiger partial charge on any atom is -0.493 e. The Balaban J connectivity index is 1.71. The van der Waals surface area contributed by atoms with Gasteiger partial charge in [-0.1, -0.05) is 23.7 Å². The van der Waals surface area contributed by atoms with Crippen molar-refractivity contribution < 1.29 is 19.4 Å². The van der Waals surface area contributed by atoms with Crippen LogP contribution in [0, 0.1) is 6.92 Å². The molecule has 0 aliphatic carbocycles. The Bertz CT molecular complexity index is 1050. The third kappa shape index (κ3) is 5.46. The van der Waals surface area contributed by atoms with Gasteiger partial charge in [-0.05, 0) is 82.0 Å². The van der Waals surface area contributed by atoms with Gasteiger partial charge in [0.25, 0.3) is 0 Å². The number of aromatic carboxylic acids is 1. The molecule has 3 aromatic rings. The molecule has 0 atom stereocenters. The summed E-state index contributed by atoms with van der Waals surface area (Å²) in [5.41, 5.74) is 3.99. The zero-order valence-electron chi connectivity index (χ0n) is 16.5. The molecule has 0 spiro atoms. The number of rotatable bonds is 8. The molecule has 2 N–H and O–H groups in total. The van der Waals surface area contributed by atoms with Crippen LogP contribution in [0.2, 0.25) is 5.02 Å². The fourth-order valence-electron chi connectivity index (χ4n) is 2.94. The maximum absolute atomic E-state index is 11.1. The lowest BCUT2D eigenvalue weighted by Gasteiger charge is -2.16. The van der Waals surface area contributed by atoms with Gasteiger partial charge in [0.15, 0.2) is 11.5 Å². The molecule has 0 aliphatic heterocycles. The van der Waals surface area contributed by atoms with E-state index >= 15 is 0 Å². The summed E-state index contributed by atoms with van der Waals surface area (Å²) < 4.78 is 12.3. The number of hydrogen-bond acceptors (Lipinski definition) is 4. The Morgan fingerprint density at radius 2 is 1.83 bits per heavy atom. The summed E-state index contributed by atoms with van der Waals surface area (Å²) in [7, 11) is 1.60. The van der Waals surface area contributed by atoms with Crippen LogP contribution in [-0.4, -0.2) is 18.2 Å². The molecule has 0 amide bonds. The molecule has 30 heavy (non-hydrogen) atoms. The highest BCUT2D eigenvalue weighted by Gasteiger charge is 2.13. The summed E-state index contributed by atoms with van der Waals surface area (Å²) in [6.07, 6.45) is 0. The number of carboxylic acid groups (broad SMARTS) is 1. The maximum Gasteiger partial charge on any atom is 0.335 e. The van der Waals surface area contributed by atoms with Crippen molar-refractivity contribution in [2.75, 3.05) is 12.4 Å². The van der Waals surface area contributed by atoms with Gasteiger partial charge in [-0.3, -0.25) is 0 Å². The van der Waals surface area contributed by atoms with E-state index in [1.807, 2.05) is 43.3 Å². The SMILES string of the molecule is COc1cc(CNc2ccc(C(=O)O)cc2C)cc(Br)c1OCc1ccc(Cl)cc1. The molecule has 0 aliphatic rings. The Kier molecular flexibility index (Phi) is 7.24. The number of carbonyl (C=O) groups is 1. The fourth-order valence-corrected chi connectivity index (χ4v) is 3.67. The second-order valence-corrected chi connectivity index (χ2v) is 8.00. The van der Waals surface area contributed by atoms with Gasteiger partial charge in [-0.25, -0.2) is 4.79 Å². The highest BCUT2D eigenvalue weighted by atomic mass is 79.9. The Morgan fingerprint density at radius 1 is 1.10 bits per heavy atom. The van der Waals surface area contributed by atoms with Gasteiger partial charge in [0, 0.05) is 17.3 Å². The van der Waals surface area contributed by atoms with Gasteiger partial charge in [0.1, 0.15) is 6.61 Å². The molecule has 0 bridgehead atoms. The number of ether oxygens (including phenoxy) is 2. The first-order valence-corrected chi connectivity index (χ1v) is 10.4. The predicted molar refractivity (Wildman–Crippen MR) is 122 cm³/mol. The number of benzene rings is 3. The van der Waals surface area contributed by atoms with Crippen LogP contribution in [0.5, 0.6) is 11.5 Å². The minimum atomic E-state index is -0.937. The number of hydrogen-bond donors (Lipinski definition) is 2. The number of carboxylic acids is 1. The molecule has 0 heterocycles. The number of anilines is 1. The van der Waals surface area contributed by atoms with E-state index in [1.165, 1.54) is 0 Å². The first-order chi connectivity index (χ1) is 14.4. The number of methoxy groups -OCH3 is 1. The molecule has 0 saturated carbocycles. The first-order valence-electron chi connectivity index (χ1n) is 9.19. The average Bonchev–Trinajstić information content (AvgIpc) is 2.72. The molecule has 0 unspecified atom stereocenters. The van der Waals surface area contributed by atoms with Gasteiger partial charge in [0.2, 0.25) is 0 Å². The molecule has 156 valence electrons. The van der Waals surface area contributed by atoms with E-state index < -0.39 is 5.97 Å². The summed E-state index contributed by atoms with van der Waals surface area (Å²) in [6.45, 7) is 2.80. The van der Waals surface area contributed by atoms with Crippen LogP contribution in [0.3, 0.4) is 0 Å². The van der Waals surface area contributed by atoms with Crippen LogP contribution < -0.4 is 14.8 Å². The van der Waals surface area contributed by atoms with Crippen molar-refractivity contribution >= 4 is 39.2 Å². The van der Waals surface area contributed by atoms with Crippen LogP contribution in [-0.2, 0) is 13.2 Å². The lowest BCUT2D eigenvalue weighted by Crippen LogP contribution is -2.04. The molecule has 7 heteroatoms. The van der Waals surface area contributed by atoms with Crippen molar-refractivity contribution in [3.05, 3.63) is 86.3 Å². The second kappa shape index (κ2) is 9.87. The molecule has 0 aromatic heterocycles. The maximum atomic E-state index is 11.1. The molecule has 3 aromatic carbocycles. The monoisotopic (exact) mass is 489 g/mol. The smallest absolute Gasteiger partial charge is 0.335 e.